The van der Waals surface area contributed by atoms with E-state index in [4.69, 9.17) is 26.1 Å². The largest absolute Gasteiger partial charge is 0.482 e. The van der Waals surface area contributed by atoms with Gasteiger partial charge in [-0.3, -0.25) is 4.57 Å². The molecule has 1 aromatic carbocycles. The predicted molar refractivity (Wildman–Crippen MR) is 136 cm³/mol. The minimum absolute atomic E-state index is 0.0222. The number of pyridine rings is 1. The van der Waals surface area contributed by atoms with Crippen LogP contribution in [0.15, 0.2) is 24.5 Å². The van der Waals surface area contributed by atoms with Gasteiger partial charge in [0.2, 0.25) is 5.75 Å². The van der Waals surface area contributed by atoms with Gasteiger partial charge in [0.25, 0.3) is 5.88 Å². The first-order chi connectivity index (χ1) is 17.3. The molecule has 0 aliphatic carbocycles. The van der Waals surface area contributed by atoms with Crippen LogP contribution < -0.4 is 9.47 Å². The highest BCUT2D eigenvalue weighted by molar-refractivity contribution is 6.38. The number of likely N-dealkylation sites (N-methyl/N-ethyl adjacent to an activating group) is 1. The molecule has 0 amide bonds. The molecule has 1 saturated heterocycles. The van der Waals surface area contributed by atoms with Gasteiger partial charge in [-0.2, -0.15) is 0 Å². The number of hydrogen-bond acceptors (Lipinski definition) is 7. The molecule has 4 aromatic rings. The molecule has 3 aromatic heterocycles. The maximum atomic E-state index is 12.3. The van der Waals surface area contributed by atoms with Crippen LogP contribution in [0, 0.1) is 13.8 Å². The van der Waals surface area contributed by atoms with Crippen molar-refractivity contribution in [2.45, 2.75) is 38.4 Å². The van der Waals surface area contributed by atoms with E-state index >= 15 is 0 Å². The minimum Gasteiger partial charge on any atom is -0.482 e. The number of ether oxygens (including phenoxy) is 2. The smallest absolute Gasteiger partial charge is 0.258 e. The molecule has 1 fully saturated rings. The molecule has 36 heavy (non-hydrogen) atoms. The van der Waals surface area contributed by atoms with E-state index in [1.54, 1.807) is 19.5 Å². The van der Waals surface area contributed by atoms with E-state index < -0.39 is 5.60 Å². The van der Waals surface area contributed by atoms with E-state index in [0.29, 0.717) is 44.5 Å². The van der Waals surface area contributed by atoms with Crippen molar-refractivity contribution < 1.29 is 14.6 Å². The number of nitrogens with zero attached hydrogens (tertiary/aromatic N) is 6. The molecule has 0 bridgehead atoms. The van der Waals surface area contributed by atoms with Crippen LogP contribution in [0.3, 0.4) is 0 Å². The number of benzene rings is 1. The molecule has 2 atom stereocenters. The van der Waals surface area contributed by atoms with Crippen molar-refractivity contribution in [3.05, 3.63) is 58.1 Å². The fraction of sp³-hybridized carbons (Fsp3) is 0.423. The van der Waals surface area contributed by atoms with Crippen LogP contribution in [0.1, 0.15) is 41.4 Å². The Bertz CT molecular complexity index is 1510. The Balaban J connectivity index is 1.62. The standard InChI is InChI=1S/C26H29ClN6O3/c1-14-28-11-19(32(14)4)26(34)17-8-9-18-21(23(17)33-15(2)29-12-20(26)33)22(27)24(25(30-18)35-5)36-16-7-6-10-31(3)13-16/h8-9,11-12,16,34H,6-7,10,13H2,1-5H3. The van der Waals surface area contributed by atoms with E-state index in [1.165, 1.54) is 0 Å². The van der Waals surface area contributed by atoms with E-state index in [9.17, 15) is 5.11 Å². The van der Waals surface area contributed by atoms with E-state index in [0.717, 1.165) is 43.3 Å². The average molecular weight is 509 g/mol. The van der Waals surface area contributed by atoms with Gasteiger partial charge in [0.1, 0.15) is 17.8 Å². The van der Waals surface area contributed by atoms with Crippen LogP contribution in [0.25, 0.3) is 16.6 Å². The second kappa shape index (κ2) is 8.19. The van der Waals surface area contributed by atoms with Gasteiger partial charge in [-0.25, -0.2) is 15.0 Å². The predicted octanol–water partition coefficient (Wildman–Crippen LogP) is 3.50. The quantitative estimate of drug-likeness (QED) is 0.451. The molecule has 188 valence electrons. The first kappa shape index (κ1) is 23.3. The Kier molecular flexibility index (Phi) is 5.30. The highest BCUT2D eigenvalue weighted by Gasteiger charge is 2.48. The second-order valence-corrected chi connectivity index (χ2v) is 10.1. The minimum atomic E-state index is -1.46. The van der Waals surface area contributed by atoms with Crippen LogP contribution in [0.5, 0.6) is 11.6 Å². The number of methoxy groups -OCH3 is 1. The maximum absolute atomic E-state index is 12.3. The number of fused-ring (bicyclic) bond motifs is 5. The van der Waals surface area contributed by atoms with Gasteiger partial charge in [0.05, 0.1) is 47.1 Å². The summed E-state index contributed by atoms with van der Waals surface area (Å²) in [6.45, 7) is 5.66. The lowest BCUT2D eigenvalue weighted by Gasteiger charge is -2.30. The van der Waals surface area contributed by atoms with Gasteiger partial charge in [0.15, 0.2) is 5.60 Å². The number of aromatic nitrogens is 5. The molecular formula is C26H29ClN6O3. The van der Waals surface area contributed by atoms with E-state index in [1.807, 2.05) is 42.2 Å². The number of halogens is 1. The van der Waals surface area contributed by atoms with Gasteiger partial charge < -0.3 is 24.0 Å². The van der Waals surface area contributed by atoms with Crippen molar-refractivity contribution in [1.29, 1.82) is 0 Å². The van der Waals surface area contributed by atoms with Crippen molar-refractivity contribution in [2.75, 3.05) is 27.2 Å². The zero-order valence-electron chi connectivity index (χ0n) is 21.0. The molecule has 2 aliphatic heterocycles. The molecule has 2 aliphatic rings. The topological polar surface area (TPSA) is 90.5 Å². The Labute approximate surface area is 214 Å². The van der Waals surface area contributed by atoms with Crippen LogP contribution in [0.2, 0.25) is 5.02 Å². The molecule has 5 heterocycles. The summed E-state index contributed by atoms with van der Waals surface area (Å²) < 4.78 is 15.9. The molecule has 0 saturated carbocycles. The zero-order chi connectivity index (χ0) is 25.4. The van der Waals surface area contributed by atoms with Crippen LogP contribution in [0.4, 0.5) is 0 Å². The molecule has 0 spiro atoms. The lowest BCUT2D eigenvalue weighted by Crippen LogP contribution is -2.38. The number of piperidine rings is 1. The summed E-state index contributed by atoms with van der Waals surface area (Å²) >= 11 is 7.13. The van der Waals surface area contributed by atoms with E-state index in [-0.39, 0.29) is 6.10 Å². The van der Waals surface area contributed by atoms with Crippen LogP contribution in [-0.2, 0) is 12.6 Å². The van der Waals surface area contributed by atoms with Gasteiger partial charge >= 0.3 is 0 Å². The van der Waals surface area contributed by atoms with Gasteiger partial charge in [0, 0.05) is 24.5 Å². The number of aryl methyl sites for hydroxylation is 2. The van der Waals surface area contributed by atoms with Crippen molar-refractivity contribution in [1.82, 2.24) is 29.0 Å². The highest BCUT2D eigenvalue weighted by Crippen LogP contribution is 2.51. The molecule has 1 N–H and O–H groups in total. The maximum Gasteiger partial charge on any atom is 0.258 e. The summed E-state index contributed by atoms with van der Waals surface area (Å²) in [7, 11) is 5.55. The van der Waals surface area contributed by atoms with Gasteiger partial charge in [-0.05, 0) is 46.3 Å². The fourth-order valence-electron chi connectivity index (χ4n) is 5.63. The van der Waals surface area contributed by atoms with Crippen LogP contribution >= 0.6 is 11.6 Å². The summed E-state index contributed by atoms with van der Waals surface area (Å²) in [5.41, 5.74) is 1.90. The lowest BCUT2D eigenvalue weighted by atomic mass is 9.88. The molecule has 10 heteroatoms. The zero-order valence-corrected chi connectivity index (χ0v) is 21.8. The summed E-state index contributed by atoms with van der Waals surface area (Å²) in [6.07, 6.45) is 5.38. The highest BCUT2D eigenvalue weighted by atomic mass is 35.5. The number of aliphatic hydroxyl groups is 1. The van der Waals surface area contributed by atoms with Crippen molar-refractivity contribution in [3.63, 3.8) is 0 Å². The molecule has 9 nitrogen and oxygen atoms in total. The number of rotatable bonds is 4. The third-order valence-corrected chi connectivity index (χ3v) is 7.92. The monoisotopic (exact) mass is 508 g/mol. The molecule has 6 rings (SSSR count). The summed E-state index contributed by atoms with van der Waals surface area (Å²) in [6, 6.07) is 3.76. The van der Waals surface area contributed by atoms with Gasteiger partial charge in [-0.15, -0.1) is 0 Å². The third kappa shape index (κ3) is 3.12. The van der Waals surface area contributed by atoms with E-state index in [2.05, 4.69) is 21.9 Å². The molecule has 2 unspecified atom stereocenters. The molecule has 0 radical (unpaired) electrons. The fourth-order valence-corrected chi connectivity index (χ4v) is 5.94. The first-order valence-electron chi connectivity index (χ1n) is 12.1. The Morgan fingerprint density at radius 1 is 1.11 bits per heavy atom. The Morgan fingerprint density at radius 3 is 2.56 bits per heavy atom. The number of hydrogen-bond donors (Lipinski definition) is 1. The van der Waals surface area contributed by atoms with Crippen molar-refractivity contribution in [2.24, 2.45) is 7.05 Å². The summed E-state index contributed by atoms with van der Waals surface area (Å²) in [5.74, 6) is 2.30. The van der Waals surface area contributed by atoms with Crippen molar-refractivity contribution >= 4 is 22.5 Å². The number of imidazole rings is 2. The van der Waals surface area contributed by atoms with Gasteiger partial charge in [-0.1, -0.05) is 17.7 Å². The first-order valence-corrected chi connectivity index (χ1v) is 12.5. The lowest BCUT2D eigenvalue weighted by molar-refractivity contribution is 0.101. The second-order valence-electron chi connectivity index (χ2n) is 9.75. The number of likely N-dealkylation sites (tertiary alicyclic amines) is 1. The summed E-state index contributed by atoms with van der Waals surface area (Å²) in [5, 5.41) is 13.4. The van der Waals surface area contributed by atoms with Crippen LogP contribution in [-0.4, -0.2) is 67.4 Å². The SMILES string of the molecule is COc1nc2ccc3c(c2c(Cl)c1OC1CCCN(C)C1)-n1c(cnc1C)C3(O)c1cnc(C)n1C. The average Bonchev–Trinajstić information content (AvgIpc) is 3.49. The Hall–Kier alpha value is -3.14. The normalized spacial score (nSPS) is 21.6. The van der Waals surface area contributed by atoms with Crippen molar-refractivity contribution in [3.8, 4) is 17.3 Å². The third-order valence-electron chi connectivity index (χ3n) is 7.56. The summed E-state index contributed by atoms with van der Waals surface area (Å²) in [4.78, 5) is 16.0. The molecular weight excluding hydrogens is 480 g/mol. The Morgan fingerprint density at radius 2 is 1.86 bits per heavy atom.